The van der Waals surface area contributed by atoms with Gasteiger partial charge in [0.1, 0.15) is 29.9 Å². The predicted molar refractivity (Wildman–Crippen MR) is 154 cm³/mol. The van der Waals surface area contributed by atoms with Crippen LogP contribution in [0.4, 0.5) is 11.4 Å². The van der Waals surface area contributed by atoms with E-state index in [1.165, 1.54) is 17.7 Å². The topological polar surface area (TPSA) is 129 Å². The zero-order valence-electron chi connectivity index (χ0n) is 22.4. The van der Waals surface area contributed by atoms with Gasteiger partial charge in [0.15, 0.2) is 0 Å². The van der Waals surface area contributed by atoms with E-state index in [2.05, 4.69) is 5.32 Å². The summed E-state index contributed by atoms with van der Waals surface area (Å²) in [6.07, 6.45) is 3.23. The molecule has 4 rings (SSSR count). The number of anilines is 2. The summed E-state index contributed by atoms with van der Waals surface area (Å²) >= 11 is -2.42. The van der Waals surface area contributed by atoms with Gasteiger partial charge in [-0.15, -0.1) is 0 Å². The number of ether oxygens (including phenoxy) is 2. The second-order valence-electron chi connectivity index (χ2n) is 9.78. The molecule has 1 fully saturated rings. The van der Waals surface area contributed by atoms with Crippen LogP contribution in [0.3, 0.4) is 0 Å². The SMILES string of the molecule is CCOC(=O)c1ccc(C2CCC(NC[C@H](O)COc3ccc(O)c(N(c4ccccc4)S(=O)O)c3)CC2)cc1. The van der Waals surface area contributed by atoms with Crippen molar-refractivity contribution in [3.05, 3.63) is 83.9 Å². The van der Waals surface area contributed by atoms with Crippen molar-refractivity contribution in [3.63, 3.8) is 0 Å². The minimum Gasteiger partial charge on any atom is -0.506 e. The van der Waals surface area contributed by atoms with Crippen LogP contribution in [0.25, 0.3) is 0 Å². The highest BCUT2D eigenvalue weighted by atomic mass is 32.2. The number of carbonyl (C=O) groups is 1. The molecule has 40 heavy (non-hydrogen) atoms. The van der Waals surface area contributed by atoms with E-state index >= 15 is 0 Å². The maximum absolute atomic E-state index is 12.0. The molecular weight excluding hydrogens is 532 g/mol. The van der Waals surface area contributed by atoms with E-state index in [0.29, 0.717) is 42.1 Å². The smallest absolute Gasteiger partial charge is 0.338 e. The van der Waals surface area contributed by atoms with Crippen molar-refractivity contribution in [2.24, 2.45) is 0 Å². The number of phenolic OH excluding ortho intramolecular Hbond substituents is 1. The molecule has 1 saturated carbocycles. The lowest BCUT2D eigenvalue weighted by atomic mass is 9.81. The summed E-state index contributed by atoms with van der Waals surface area (Å²) in [5, 5.41) is 24.3. The van der Waals surface area contributed by atoms with E-state index in [0.717, 1.165) is 30.0 Å². The fourth-order valence-corrected chi connectivity index (χ4v) is 5.54. The van der Waals surface area contributed by atoms with Crippen molar-refractivity contribution >= 4 is 28.6 Å². The number of nitrogens with zero attached hydrogens (tertiary/aromatic N) is 1. The zero-order chi connectivity index (χ0) is 28.5. The lowest BCUT2D eigenvalue weighted by Gasteiger charge is -2.30. The van der Waals surface area contributed by atoms with Crippen LogP contribution >= 0.6 is 0 Å². The van der Waals surface area contributed by atoms with Gasteiger partial charge in [0, 0.05) is 18.7 Å². The summed E-state index contributed by atoms with van der Waals surface area (Å²) in [6.45, 7) is 2.54. The first-order valence-corrected chi connectivity index (χ1v) is 14.5. The van der Waals surface area contributed by atoms with E-state index < -0.39 is 17.4 Å². The fraction of sp³-hybridized carbons (Fsp3) is 0.367. The van der Waals surface area contributed by atoms with E-state index in [1.54, 1.807) is 43.3 Å². The van der Waals surface area contributed by atoms with Crippen LogP contribution in [0.15, 0.2) is 72.8 Å². The Morgan fingerprint density at radius 1 is 1.05 bits per heavy atom. The second-order valence-corrected chi connectivity index (χ2v) is 10.6. The molecular formula is C30H36N2O7S. The molecule has 1 unspecified atom stereocenters. The monoisotopic (exact) mass is 568 g/mol. The number of aromatic hydroxyl groups is 1. The van der Waals surface area contributed by atoms with E-state index in [9.17, 15) is 23.8 Å². The lowest BCUT2D eigenvalue weighted by Crippen LogP contribution is -2.39. The molecule has 0 saturated heterocycles. The Kier molecular flexibility index (Phi) is 10.5. The number of benzene rings is 3. The molecule has 0 radical (unpaired) electrons. The molecule has 3 aromatic rings. The molecule has 0 heterocycles. The van der Waals surface area contributed by atoms with Gasteiger partial charge >= 0.3 is 5.97 Å². The maximum Gasteiger partial charge on any atom is 0.338 e. The summed E-state index contributed by atoms with van der Waals surface area (Å²) in [4.78, 5) is 11.9. The fourth-order valence-electron chi connectivity index (χ4n) is 4.92. The lowest BCUT2D eigenvalue weighted by molar-refractivity contribution is 0.0526. The molecule has 3 aromatic carbocycles. The van der Waals surface area contributed by atoms with Gasteiger partial charge in [0.25, 0.3) is 11.3 Å². The van der Waals surface area contributed by atoms with Crippen LogP contribution in [0, 0.1) is 0 Å². The first-order valence-electron chi connectivity index (χ1n) is 13.5. The molecule has 9 nitrogen and oxygen atoms in total. The quantitative estimate of drug-likeness (QED) is 0.179. The standard InChI is InChI=1S/C30H36N2O7S/c1-2-38-30(35)23-10-8-21(9-11-23)22-12-14-24(15-13-22)31-19-26(33)20-39-27-16-17-29(34)28(18-27)32(40(36)37)25-6-4-3-5-7-25/h3-11,16-18,22,24,26,31,33-34H,2,12-15,19-20H2,1H3,(H,36,37)/t22?,24?,26-/m0/s1. The molecule has 1 aliphatic rings. The molecule has 0 amide bonds. The average Bonchev–Trinajstić information content (AvgIpc) is 2.97. The molecule has 0 bridgehead atoms. The van der Waals surface area contributed by atoms with Crippen molar-refractivity contribution in [1.82, 2.24) is 5.32 Å². The number of hydrogen-bond acceptors (Lipinski definition) is 7. The third kappa shape index (κ3) is 7.82. The minimum absolute atomic E-state index is 0.0208. The van der Waals surface area contributed by atoms with Crippen LogP contribution in [-0.4, -0.2) is 56.8 Å². The minimum atomic E-state index is -2.42. The summed E-state index contributed by atoms with van der Waals surface area (Å²) < 4.78 is 33.8. The number of hydrogen-bond donors (Lipinski definition) is 4. The van der Waals surface area contributed by atoms with Crippen molar-refractivity contribution in [2.45, 2.75) is 50.7 Å². The van der Waals surface area contributed by atoms with Crippen molar-refractivity contribution < 1.29 is 33.2 Å². The van der Waals surface area contributed by atoms with Gasteiger partial charge in [-0.1, -0.05) is 30.3 Å². The molecule has 0 spiro atoms. The molecule has 2 atom stereocenters. The van der Waals surface area contributed by atoms with Gasteiger partial charge in [-0.25, -0.2) is 13.3 Å². The van der Waals surface area contributed by atoms with E-state index in [4.69, 9.17) is 9.47 Å². The number of phenols is 1. The van der Waals surface area contributed by atoms with Crippen LogP contribution in [0.5, 0.6) is 11.5 Å². The molecule has 0 aliphatic heterocycles. The van der Waals surface area contributed by atoms with Crippen LogP contribution < -0.4 is 14.4 Å². The van der Waals surface area contributed by atoms with Gasteiger partial charge in [-0.3, -0.25) is 4.55 Å². The third-order valence-corrected chi connectivity index (χ3v) is 7.74. The zero-order valence-corrected chi connectivity index (χ0v) is 23.3. The van der Waals surface area contributed by atoms with Gasteiger partial charge in [0.05, 0.1) is 17.9 Å². The largest absolute Gasteiger partial charge is 0.506 e. The van der Waals surface area contributed by atoms with Gasteiger partial charge < -0.3 is 25.0 Å². The Labute approximate surface area is 237 Å². The van der Waals surface area contributed by atoms with Crippen molar-refractivity contribution in [2.75, 3.05) is 24.1 Å². The third-order valence-electron chi connectivity index (χ3n) is 7.02. The van der Waals surface area contributed by atoms with E-state index in [-0.39, 0.29) is 24.0 Å². The Morgan fingerprint density at radius 3 is 2.40 bits per heavy atom. The Hall–Kier alpha value is -3.44. The van der Waals surface area contributed by atoms with Crippen molar-refractivity contribution in [3.8, 4) is 11.5 Å². The molecule has 10 heteroatoms. The normalized spacial score (nSPS) is 18.5. The first-order chi connectivity index (χ1) is 19.4. The molecule has 214 valence electrons. The summed E-state index contributed by atoms with van der Waals surface area (Å²) in [5.74, 6) is 0.320. The number of nitrogens with one attached hydrogen (secondary N) is 1. The second kappa shape index (κ2) is 14.3. The summed E-state index contributed by atoms with van der Waals surface area (Å²) in [7, 11) is 0. The molecule has 0 aromatic heterocycles. The first kappa shape index (κ1) is 29.5. The number of para-hydroxylation sites is 1. The van der Waals surface area contributed by atoms with Gasteiger partial charge in [-0.05, 0) is 80.5 Å². The number of rotatable bonds is 12. The Balaban J connectivity index is 1.24. The highest BCUT2D eigenvalue weighted by Gasteiger charge is 2.23. The van der Waals surface area contributed by atoms with Gasteiger partial charge in [0.2, 0.25) is 0 Å². The van der Waals surface area contributed by atoms with Crippen molar-refractivity contribution in [1.29, 1.82) is 0 Å². The van der Waals surface area contributed by atoms with Crippen LogP contribution in [0.2, 0.25) is 0 Å². The highest BCUT2D eigenvalue weighted by Crippen LogP contribution is 2.37. The summed E-state index contributed by atoms with van der Waals surface area (Å²) in [6, 6.07) is 20.9. The molecule has 1 aliphatic carbocycles. The number of carbonyl (C=O) groups excluding carboxylic acids is 1. The average molecular weight is 569 g/mol. The Morgan fingerprint density at radius 2 is 1.75 bits per heavy atom. The predicted octanol–water partition coefficient (Wildman–Crippen LogP) is 4.90. The van der Waals surface area contributed by atoms with Crippen LogP contribution in [0.1, 0.15) is 54.4 Å². The number of aliphatic hydroxyl groups excluding tert-OH is 1. The number of esters is 1. The van der Waals surface area contributed by atoms with E-state index in [1.807, 2.05) is 24.3 Å². The highest BCUT2D eigenvalue weighted by molar-refractivity contribution is 7.81. The molecule has 4 N–H and O–H groups in total. The summed E-state index contributed by atoms with van der Waals surface area (Å²) in [5.41, 5.74) is 2.34. The Bertz CT molecular complexity index is 1260. The van der Waals surface area contributed by atoms with Crippen LogP contribution in [-0.2, 0) is 16.0 Å². The van der Waals surface area contributed by atoms with Gasteiger partial charge in [-0.2, -0.15) is 0 Å². The maximum atomic E-state index is 12.0. The number of aliphatic hydroxyl groups is 1.